The fourth-order valence-corrected chi connectivity index (χ4v) is 4.72. The molecule has 2 aromatic rings. The third-order valence-corrected chi connectivity index (χ3v) is 7.08. The number of alkyl halides is 3. The first-order valence-corrected chi connectivity index (χ1v) is 12.2. The molecule has 0 radical (unpaired) electrons. The van der Waals surface area contributed by atoms with Crippen molar-refractivity contribution in [1.82, 2.24) is 4.98 Å². The molecule has 0 amide bonds. The number of carbonyl (C=O) groups is 1. The Morgan fingerprint density at radius 3 is 2.40 bits per heavy atom. The van der Waals surface area contributed by atoms with Crippen molar-refractivity contribution in [3.63, 3.8) is 0 Å². The molecule has 1 unspecified atom stereocenters. The molecule has 1 atom stereocenters. The van der Waals surface area contributed by atoms with E-state index < -0.39 is 52.4 Å². The van der Waals surface area contributed by atoms with Crippen LogP contribution in [0.5, 0.6) is 11.6 Å². The second kappa shape index (κ2) is 11.9. The van der Waals surface area contributed by atoms with Gasteiger partial charge >= 0.3 is 13.8 Å². The van der Waals surface area contributed by atoms with Crippen molar-refractivity contribution in [2.75, 3.05) is 13.2 Å². The molecular weight excluding hydrogens is 518 g/mol. The first kappa shape index (κ1) is 28.7. The predicted octanol–water partition coefficient (Wildman–Crippen LogP) is 5.97. The Balaban J connectivity index is 2.27. The van der Waals surface area contributed by atoms with E-state index in [4.69, 9.17) is 31.1 Å². The maximum atomic E-state index is 12.8. The van der Waals surface area contributed by atoms with E-state index in [0.717, 1.165) is 18.2 Å². The van der Waals surface area contributed by atoms with E-state index in [1.165, 1.54) is 0 Å². The maximum Gasteiger partial charge on any atom is 0.417 e. The van der Waals surface area contributed by atoms with Crippen LogP contribution in [0, 0.1) is 10.1 Å². The average Bonchev–Trinajstić information content (AvgIpc) is 2.78. The molecule has 1 heterocycles. The highest BCUT2D eigenvalue weighted by molar-refractivity contribution is 7.54. The normalized spacial score (nSPS) is 12.9. The van der Waals surface area contributed by atoms with E-state index >= 15 is 0 Å². The smallest absolute Gasteiger partial charge is 0.417 e. The second-order valence-corrected chi connectivity index (χ2v) is 9.62. The van der Waals surface area contributed by atoms with Gasteiger partial charge in [0.05, 0.1) is 29.3 Å². The number of halogens is 4. The van der Waals surface area contributed by atoms with Gasteiger partial charge in [0.2, 0.25) is 5.88 Å². The first-order valence-electron chi connectivity index (χ1n) is 10.2. The summed E-state index contributed by atoms with van der Waals surface area (Å²) in [6.45, 7) is 3.31. The van der Waals surface area contributed by atoms with E-state index in [0.29, 0.717) is 12.3 Å². The number of Topliss-reactive ketones (excluding diaryl/α,β-unsaturated/α-hetero) is 1. The minimum absolute atomic E-state index is 0.0598. The third kappa shape index (κ3) is 7.45. The first-order chi connectivity index (χ1) is 16.3. The minimum atomic E-state index is -4.67. The van der Waals surface area contributed by atoms with Crippen LogP contribution in [0.2, 0.25) is 5.02 Å². The summed E-state index contributed by atoms with van der Waals surface area (Å²) in [4.78, 5) is 26.9. The van der Waals surface area contributed by atoms with Crippen molar-refractivity contribution in [3.05, 3.63) is 56.7 Å². The molecule has 35 heavy (non-hydrogen) atoms. The summed E-state index contributed by atoms with van der Waals surface area (Å²) in [6.07, 6.45) is -4.66. The van der Waals surface area contributed by atoms with Crippen LogP contribution < -0.4 is 10.5 Å². The van der Waals surface area contributed by atoms with Crippen molar-refractivity contribution < 1.29 is 41.2 Å². The van der Waals surface area contributed by atoms with E-state index in [-0.39, 0.29) is 37.4 Å². The van der Waals surface area contributed by atoms with Gasteiger partial charge in [0.25, 0.3) is 5.69 Å². The van der Waals surface area contributed by atoms with Gasteiger partial charge in [0.15, 0.2) is 5.78 Å². The Morgan fingerprint density at radius 2 is 1.89 bits per heavy atom. The highest BCUT2D eigenvalue weighted by Crippen LogP contribution is 2.52. The van der Waals surface area contributed by atoms with Gasteiger partial charge in [-0.2, -0.15) is 13.2 Å². The number of nitrogens with two attached hydrogens (primary N) is 1. The number of pyridine rings is 1. The van der Waals surface area contributed by atoms with E-state index in [1.807, 2.05) is 0 Å². The van der Waals surface area contributed by atoms with Gasteiger partial charge in [-0.05, 0) is 38.5 Å². The molecular formula is C20H22ClF3N3O7P. The second-order valence-electron chi connectivity index (χ2n) is 6.95. The zero-order valence-corrected chi connectivity index (χ0v) is 20.2. The molecule has 15 heteroatoms. The summed E-state index contributed by atoms with van der Waals surface area (Å²) in [7, 11) is -3.70. The number of nitro benzene ring substituents is 1. The molecule has 2 N–H and O–H groups in total. The molecule has 0 aliphatic heterocycles. The Hall–Kier alpha value is -2.57. The Labute approximate surface area is 203 Å². The lowest BCUT2D eigenvalue weighted by Gasteiger charge is -2.22. The zero-order valence-electron chi connectivity index (χ0n) is 18.6. The molecule has 0 spiro atoms. The number of hydrogen-bond acceptors (Lipinski definition) is 9. The standard InChI is InChI=1S/C20H22ClF3N3O7P/c1-3-32-35(31,33-4-2)18(25)8-7-17(28)14-10-13(5-6-16(14)27(29)30)34-19-15(21)9-12(11-26-19)20(22,23)24/h5-6,9-11,18H,3-4,7-8,25H2,1-2H3. The summed E-state index contributed by atoms with van der Waals surface area (Å²) in [5.74, 6) is -2.40. The van der Waals surface area contributed by atoms with Crippen LogP contribution in [0.25, 0.3) is 0 Å². The highest BCUT2D eigenvalue weighted by Gasteiger charge is 2.34. The van der Waals surface area contributed by atoms with Crippen molar-refractivity contribution in [3.8, 4) is 11.6 Å². The fraction of sp³-hybridized carbons (Fsp3) is 0.400. The van der Waals surface area contributed by atoms with E-state index in [9.17, 15) is 32.6 Å². The van der Waals surface area contributed by atoms with Crippen LogP contribution >= 0.6 is 19.2 Å². The van der Waals surface area contributed by atoms with Crippen molar-refractivity contribution in [1.29, 1.82) is 0 Å². The summed E-state index contributed by atoms with van der Waals surface area (Å²) in [6, 6.07) is 3.77. The maximum absolute atomic E-state index is 12.8. The zero-order chi connectivity index (χ0) is 26.4. The summed E-state index contributed by atoms with van der Waals surface area (Å²) < 4.78 is 66.7. The number of ketones is 1. The van der Waals surface area contributed by atoms with Crippen LogP contribution in [-0.4, -0.2) is 34.7 Å². The Morgan fingerprint density at radius 1 is 1.26 bits per heavy atom. The lowest BCUT2D eigenvalue weighted by Crippen LogP contribution is -2.24. The number of carbonyl (C=O) groups excluding carboxylic acids is 1. The van der Waals surface area contributed by atoms with Crippen LogP contribution in [0.3, 0.4) is 0 Å². The van der Waals surface area contributed by atoms with Crippen molar-refractivity contribution in [2.24, 2.45) is 5.73 Å². The molecule has 2 rings (SSSR count). The number of hydrogen-bond donors (Lipinski definition) is 1. The van der Waals surface area contributed by atoms with Crippen LogP contribution in [0.1, 0.15) is 42.6 Å². The van der Waals surface area contributed by atoms with Gasteiger partial charge in [0.1, 0.15) is 16.6 Å². The average molecular weight is 540 g/mol. The number of nitrogens with zero attached hydrogens (tertiary/aromatic N) is 2. The van der Waals surface area contributed by atoms with Gasteiger partial charge in [-0.1, -0.05) is 11.6 Å². The molecule has 0 saturated carbocycles. The van der Waals surface area contributed by atoms with Crippen LogP contribution in [0.15, 0.2) is 30.5 Å². The summed E-state index contributed by atoms with van der Waals surface area (Å²) in [5.41, 5.74) is 3.92. The molecule has 0 fully saturated rings. The van der Waals surface area contributed by atoms with Gasteiger partial charge in [0, 0.05) is 18.7 Å². The van der Waals surface area contributed by atoms with Gasteiger partial charge in [-0.3, -0.25) is 19.5 Å². The third-order valence-electron chi connectivity index (χ3n) is 4.51. The predicted molar refractivity (Wildman–Crippen MR) is 120 cm³/mol. The van der Waals surface area contributed by atoms with Crippen molar-refractivity contribution >= 4 is 30.7 Å². The lowest BCUT2D eigenvalue weighted by atomic mass is 10.0. The Kier molecular flexibility index (Phi) is 9.76. The minimum Gasteiger partial charge on any atom is -0.438 e. The molecule has 1 aromatic heterocycles. The van der Waals surface area contributed by atoms with Gasteiger partial charge in [-0.15, -0.1) is 0 Å². The number of nitro groups is 1. The number of ether oxygens (including phenoxy) is 1. The summed E-state index contributed by atoms with van der Waals surface area (Å²) >= 11 is 5.82. The van der Waals surface area contributed by atoms with Crippen molar-refractivity contribution in [2.45, 2.75) is 38.6 Å². The lowest BCUT2D eigenvalue weighted by molar-refractivity contribution is -0.385. The number of aromatic nitrogens is 1. The highest BCUT2D eigenvalue weighted by atomic mass is 35.5. The molecule has 192 valence electrons. The molecule has 0 bridgehead atoms. The van der Waals surface area contributed by atoms with Crippen LogP contribution in [0.4, 0.5) is 18.9 Å². The molecule has 1 aromatic carbocycles. The largest absolute Gasteiger partial charge is 0.438 e. The molecule has 0 saturated heterocycles. The topological polar surface area (TPSA) is 144 Å². The molecule has 10 nitrogen and oxygen atoms in total. The number of rotatable bonds is 12. The van der Waals surface area contributed by atoms with E-state index in [1.54, 1.807) is 13.8 Å². The quantitative estimate of drug-likeness (QED) is 0.149. The monoisotopic (exact) mass is 539 g/mol. The fourth-order valence-electron chi connectivity index (χ4n) is 2.89. The van der Waals surface area contributed by atoms with E-state index in [2.05, 4.69) is 4.98 Å². The van der Waals surface area contributed by atoms with Crippen LogP contribution in [-0.2, 0) is 19.8 Å². The molecule has 0 aliphatic rings. The Bertz CT molecular complexity index is 1120. The van der Waals surface area contributed by atoms with Gasteiger partial charge in [-0.25, -0.2) is 4.98 Å². The summed E-state index contributed by atoms with van der Waals surface area (Å²) in [5, 5.41) is 11.0. The van der Waals surface area contributed by atoms with Gasteiger partial charge < -0.3 is 19.5 Å². The number of benzene rings is 1. The SMILES string of the molecule is CCOP(=O)(OCC)C(N)CCC(=O)c1cc(Oc2ncc(C(F)(F)F)cc2Cl)ccc1[N+](=O)[O-]. The molecule has 0 aliphatic carbocycles.